The molecule has 0 fully saturated rings. The number of hydrogen-bond donors (Lipinski definition) is 2. The summed E-state index contributed by atoms with van der Waals surface area (Å²) in [5.41, 5.74) is 1.09. The van der Waals surface area contributed by atoms with Gasteiger partial charge in [-0.2, -0.15) is 0 Å². The van der Waals surface area contributed by atoms with E-state index in [0.717, 1.165) is 11.4 Å². The Bertz CT molecular complexity index is 582. The van der Waals surface area contributed by atoms with Crippen molar-refractivity contribution in [1.82, 2.24) is 20.5 Å². The molecule has 1 amide bonds. The largest absolute Gasteiger partial charge is 0.351 e. The van der Waals surface area contributed by atoms with Crippen LogP contribution < -0.4 is 5.32 Å². The van der Waals surface area contributed by atoms with Crippen LogP contribution in [0.1, 0.15) is 38.1 Å². The molecule has 21 heavy (non-hydrogen) atoms. The van der Waals surface area contributed by atoms with Gasteiger partial charge in [0.2, 0.25) is 11.1 Å². The van der Waals surface area contributed by atoms with Gasteiger partial charge in [0.05, 0.1) is 5.25 Å². The van der Waals surface area contributed by atoms with Crippen molar-refractivity contribution < 1.29 is 4.79 Å². The Morgan fingerprint density at radius 3 is 2.62 bits per heavy atom. The summed E-state index contributed by atoms with van der Waals surface area (Å²) in [6.07, 6.45) is 0. The van der Waals surface area contributed by atoms with Gasteiger partial charge in [0, 0.05) is 12.5 Å². The van der Waals surface area contributed by atoms with Gasteiger partial charge < -0.3 is 5.32 Å². The van der Waals surface area contributed by atoms with E-state index in [1.165, 1.54) is 11.8 Å². The first-order chi connectivity index (χ1) is 10.1. The molecular weight excluding hydrogens is 284 g/mol. The van der Waals surface area contributed by atoms with Crippen LogP contribution in [0.5, 0.6) is 0 Å². The molecular formula is C15H20N4OS. The van der Waals surface area contributed by atoms with Crippen molar-refractivity contribution in [3.8, 4) is 0 Å². The predicted octanol–water partition coefficient (Wildman–Crippen LogP) is 2.73. The highest BCUT2D eigenvalue weighted by Gasteiger charge is 2.17. The van der Waals surface area contributed by atoms with Crippen LogP contribution in [0, 0.1) is 0 Å². The van der Waals surface area contributed by atoms with E-state index in [2.05, 4.69) is 20.5 Å². The Balaban J connectivity index is 1.84. The number of aromatic amines is 1. The smallest absolute Gasteiger partial charge is 0.233 e. The Kier molecular flexibility index (Phi) is 5.38. The third kappa shape index (κ3) is 4.60. The van der Waals surface area contributed by atoms with Gasteiger partial charge in [-0.15, -0.1) is 5.10 Å². The number of thioether (sulfide) groups is 1. The van der Waals surface area contributed by atoms with E-state index in [-0.39, 0.29) is 11.2 Å². The van der Waals surface area contributed by atoms with Gasteiger partial charge in [-0.25, -0.2) is 4.98 Å². The summed E-state index contributed by atoms with van der Waals surface area (Å²) in [7, 11) is 0. The molecule has 1 unspecified atom stereocenters. The molecule has 0 radical (unpaired) electrons. The fourth-order valence-electron chi connectivity index (χ4n) is 1.71. The molecule has 1 atom stereocenters. The van der Waals surface area contributed by atoms with E-state index >= 15 is 0 Å². The summed E-state index contributed by atoms with van der Waals surface area (Å²) in [4.78, 5) is 16.4. The van der Waals surface area contributed by atoms with Crippen LogP contribution in [-0.4, -0.2) is 26.3 Å². The maximum atomic E-state index is 12.1. The predicted molar refractivity (Wildman–Crippen MR) is 84.1 cm³/mol. The summed E-state index contributed by atoms with van der Waals surface area (Å²) in [5, 5.41) is 10.3. The average Bonchev–Trinajstić information content (AvgIpc) is 2.94. The second kappa shape index (κ2) is 7.26. The molecule has 0 bridgehead atoms. The first-order valence-corrected chi connectivity index (χ1v) is 7.85. The van der Waals surface area contributed by atoms with E-state index in [1.54, 1.807) is 0 Å². The molecule has 1 aromatic carbocycles. The fourth-order valence-corrected chi connectivity index (χ4v) is 2.47. The Morgan fingerprint density at radius 1 is 1.29 bits per heavy atom. The van der Waals surface area contributed by atoms with Gasteiger partial charge >= 0.3 is 0 Å². The maximum absolute atomic E-state index is 12.1. The van der Waals surface area contributed by atoms with E-state index in [0.29, 0.717) is 17.6 Å². The lowest BCUT2D eigenvalue weighted by atomic mass is 10.2. The molecule has 0 aliphatic rings. The number of amides is 1. The van der Waals surface area contributed by atoms with Crippen molar-refractivity contribution in [3.05, 3.63) is 41.7 Å². The number of rotatable bonds is 6. The number of aromatic nitrogens is 3. The maximum Gasteiger partial charge on any atom is 0.233 e. The summed E-state index contributed by atoms with van der Waals surface area (Å²) in [6, 6.07) is 9.85. The third-order valence-electron chi connectivity index (χ3n) is 2.99. The zero-order valence-corrected chi connectivity index (χ0v) is 13.3. The highest BCUT2D eigenvalue weighted by atomic mass is 32.2. The average molecular weight is 304 g/mol. The van der Waals surface area contributed by atoms with Crippen LogP contribution in [0.25, 0.3) is 0 Å². The molecule has 0 saturated heterocycles. The van der Waals surface area contributed by atoms with Crippen molar-refractivity contribution in [2.75, 3.05) is 0 Å². The standard InChI is InChI=1S/C15H20N4OS/c1-10(2)13-17-15(19-18-13)21-11(3)14(20)16-9-12-7-5-4-6-8-12/h4-8,10-11H,9H2,1-3H3,(H,16,20)(H,17,18,19). The molecule has 0 aliphatic carbocycles. The molecule has 0 aliphatic heterocycles. The number of benzene rings is 1. The molecule has 2 N–H and O–H groups in total. The monoisotopic (exact) mass is 304 g/mol. The molecule has 0 saturated carbocycles. The molecule has 1 aromatic heterocycles. The van der Waals surface area contributed by atoms with Crippen LogP contribution in [0.4, 0.5) is 0 Å². The van der Waals surface area contributed by atoms with Gasteiger partial charge in [0.1, 0.15) is 5.82 Å². The number of carbonyl (C=O) groups is 1. The molecule has 6 heteroatoms. The first kappa shape index (κ1) is 15.6. The van der Waals surface area contributed by atoms with Gasteiger partial charge in [-0.3, -0.25) is 9.89 Å². The van der Waals surface area contributed by atoms with Crippen LogP contribution in [0.15, 0.2) is 35.5 Å². The summed E-state index contributed by atoms with van der Waals surface area (Å²) in [6.45, 7) is 6.49. The minimum atomic E-state index is -0.232. The Labute approximate surface area is 128 Å². The van der Waals surface area contributed by atoms with E-state index < -0.39 is 0 Å². The van der Waals surface area contributed by atoms with Gasteiger partial charge in [-0.1, -0.05) is 55.9 Å². The molecule has 112 valence electrons. The van der Waals surface area contributed by atoms with Crippen LogP contribution in [0.3, 0.4) is 0 Å². The quantitative estimate of drug-likeness (QED) is 0.805. The van der Waals surface area contributed by atoms with Crippen molar-refractivity contribution >= 4 is 17.7 Å². The van der Waals surface area contributed by atoms with Crippen LogP contribution >= 0.6 is 11.8 Å². The Morgan fingerprint density at radius 2 is 2.00 bits per heavy atom. The summed E-state index contributed by atoms with van der Waals surface area (Å²) >= 11 is 1.36. The van der Waals surface area contributed by atoms with Crippen molar-refractivity contribution in [1.29, 1.82) is 0 Å². The lowest BCUT2D eigenvalue weighted by Crippen LogP contribution is -2.30. The lowest BCUT2D eigenvalue weighted by Gasteiger charge is -2.10. The van der Waals surface area contributed by atoms with Gasteiger partial charge in [0.25, 0.3) is 0 Å². The zero-order chi connectivity index (χ0) is 15.2. The van der Waals surface area contributed by atoms with Gasteiger partial charge in [-0.05, 0) is 12.5 Å². The highest BCUT2D eigenvalue weighted by molar-refractivity contribution is 8.00. The van der Waals surface area contributed by atoms with E-state index in [9.17, 15) is 4.79 Å². The van der Waals surface area contributed by atoms with Crippen molar-refractivity contribution in [2.45, 2.75) is 43.6 Å². The molecule has 0 spiro atoms. The zero-order valence-electron chi connectivity index (χ0n) is 12.5. The van der Waals surface area contributed by atoms with Crippen molar-refractivity contribution in [2.24, 2.45) is 0 Å². The summed E-state index contributed by atoms with van der Waals surface area (Å²) in [5.74, 6) is 1.13. The molecule has 2 aromatic rings. The second-order valence-corrected chi connectivity index (χ2v) is 6.43. The minimum Gasteiger partial charge on any atom is -0.351 e. The number of H-pyrrole nitrogens is 1. The van der Waals surface area contributed by atoms with E-state index in [4.69, 9.17) is 0 Å². The van der Waals surface area contributed by atoms with Crippen molar-refractivity contribution in [3.63, 3.8) is 0 Å². The number of nitrogens with zero attached hydrogens (tertiary/aromatic N) is 2. The van der Waals surface area contributed by atoms with Gasteiger partial charge in [0.15, 0.2) is 0 Å². The topological polar surface area (TPSA) is 70.7 Å². The fraction of sp³-hybridized carbons (Fsp3) is 0.400. The molecule has 1 heterocycles. The number of hydrogen-bond acceptors (Lipinski definition) is 4. The van der Waals surface area contributed by atoms with Crippen LogP contribution in [0.2, 0.25) is 0 Å². The highest BCUT2D eigenvalue weighted by Crippen LogP contribution is 2.21. The normalized spacial score (nSPS) is 12.4. The first-order valence-electron chi connectivity index (χ1n) is 6.97. The number of carbonyl (C=O) groups excluding carboxylic acids is 1. The Hall–Kier alpha value is -1.82. The summed E-state index contributed by atoms with van der Waals surface area (Å²) < 4.78 is 0. The van der Waals surface area contributed by atoms with Crippen LogP contribution in [-0.2, 0) is 11.3 Å². The third-order valence-corrected chi connectivity index (χ3v) is 3.95. The molecule has 5 nitrogen and oxygen atoms in total. The SMILES string of the molecule is CC(Sc1n[nH]c(C(C)C)n1)C(=O)NCc1ccccc1. The number of nitrogens with one attached hydrogen (secondary N) is 2. The second-order valence-electron chi connectivity index (χ2n) is 5.12. The minimum absolute atomic E-state index is 0.0141. The lowest BCUT2D eigenvalue weighted by molar-refractivity contribution is -0.120. The van der Waals surface area contributed by atoms with E-state index in [1.807, 2.05) is 51.1 Å². The molecule has 2 rings (SSSR count).